The quantitative estimate of drug-likeness (QED) is 0.812. The van der Waals surface area contributed by atoms with E-state index in [1.54, 1.807) is 14.0 Å². The molecule has 23 heavy (non-hydrogen) atoms. The van der Waals surface area contributed by atoms with E-state index in [-0.39, 0.29) is 5.78 Å². The average molecular weight is 310 g/mol. The number of nitrogens with zero attached hydrogens (tertiary/aromatic N) is 2. The number of piperazine rings is 1. The van der Waals surface area contributed by atoms with Crippen LogP contribution < -0.4 is 14.5 Å². The van der Waals surface area contributed by atoms with Crippen molar-refractivity contribution in [2.24, 2.45) is 0 Å². The third kappa shape index (κ3) is 3.31. The van der Waals surface area contributed by atoms with Gasteiger partial charge in [-0.05, 0) is 43.3 Å². The van der Waals surface area contributed by atoms with Crippen LogP contribution in [0.2, 0.25) is 0 Å². The summed E-state index contributed by atoms with van der Waals surface area (Å²) in [6.07, 6.45) is 0. The molecule has 0 N–H and O–H groups in total. The third-order valence-electron chi connectivity index (χ3n) is 4.34. The fraction of sp³-hybridized carbons (Fsp3) is 0.316. The predicted molar refractivity (Wildman–Crippen MR) is 93.9 cm³/mol. The number of hydrogen-bond donors (Lipinski definition) is 0. The van der Waals surface area contributed by atoms with E-state index in [0.717, 1.165) is 43.2 Å². The molecule has 0 aliphatic carbocycles. The zero-order valence-electron chi connectivity index (χ0n) is 13.7. The van der Waals surface area contributed by atoms with Crippen LogP contribution in [0, 0.1) is 0 Å². The van der Waals surface area contributed by atoms with Gasteiger partial charge in [0, 0.05) is 37.4 Å². The lowest BCUT2D eigenvalue weighted by Gasteiger charge is -2.37. The maximum Gasteiger partial charge on any atom is 0.159 e. The number of rotatable bonds is 4. The molecule has 4 heteroatoms. The molecular weight excluding hydrogens is 288 g/mol. The van der Waals surface area contributed by atoms with Crippen LogP contribution in [0.4, 0.5) is 11.4 Å². The Labute approximate surface area is 137 Å². The molecule has 1 saturated heterocycles. The summed E-state index contributed by atoms with van der Waals surface area (Å²) in [6, 6.07) is 16.0. The number of para-hydroxylation sites is 2. The minimum atomic E-state index is 0.109. The molecule has 0 unspecified atom stereocenters. The molecule has 0 spiro atoms. The summed E-state index contributed by atoms with van der Waals surface area (Å²) in [5.74, 6) is 1.03. The molecular formula is C19H22N2O2. The van der Waals surface area contributed by atoms with Crippen LogP contribution >= 0.6 is 0 Å². The zero-order chi connectivity index (χ0) is 16.2. The molecule has 3 rings (SSSR count). The summed E-state index contributed by atoms with van der Waals surface area (Å²) < 4.78 is 5.46. The molecule has 0 amide bonds. The Morgan fingerprint density at radius 3 is 2.13 bits per heavy atom. The van der Waals surface area contributed by atoms with Crippen LogP contribution in [0.5, 0.6) is 5.75 Å². The van der Waals surface area contributed by atoms with E-state index in [4.69, 9.17) is 4.74 Å². The standard InChI is InChI=1S/C19H22N2O2/c1-15(22)16-7-9-17(10-8-16)20-11-13-21(14-12-20)18-5-3-4-6-19(18)23-2/h3-10H,11-14H2,1-2H3. The van der Waals surface area contributed by atoms with Crippen molar-refractivity contribution in [1.29, 1.82) is 0 Å². The van der Waals surface area contributed by atoms with E-state index in [1.165, 1.54) is 5.69 Å². The summed E-state index contributed by atoms with van der Waals surface area (Å²) in [5, 5.41) is 0. The number of benzene rings is 2. The van der Waals surface area contributed by atoms with Gasteiger partial charge in [0.1, 0.15) is 5.75 Å². The van der Waals surface area contributed by atoms with Gasteiger partial charge in [-0.15, -0.1) is 0 Å². The van der Waals surface area contributed by atoms with Crippen molar-refractivity contribution >= 4 is 17.2 Å². The Hall–Kier alpha value is -2.49. The van der Waals surface area contributed by atoms with Gasteiger partial charge < -0.3 is 14.5 Å². The van der Waals surface area contributed by atoms with Gasteiger partial charge in [-0.1, -0.05) is 12.1 Å². The van der Waals surface area contributed by atoms with Gasteiger partial charge in [0.25, 0.3) is 0 Å². The number of ketones is 1. The molecule has 120 valence electrons. The maximum absolute atomic E-state index is 11.4. The molecule has 4 nitrogen and oxygen atoms in total. The number of methoxy groups -OCH3 is 1. The van der Waals surface area contributed by atoms with Crippen LogP contribution in [0.25, 0.3) is 0 Å². The fourth-order valence-electron chi connectivity index (χ4n) is 3.00. The van der Waals surface area contributed by atoms with E-state index in [9.17, 15) is 4.79 Å². The van der Waals surface area contributed by atoms with Gasteiger partial charge in [0.15, 0.2) is 5.78 Å². The molecule has 0 atom stereocenters. The van der Waals surface area contributed by atoms with Crippen LogP contribution in [0.1, 0.15) is 17.3 Å². The van der Waals surface area contributed by atoms with Crippen molar-refractivity contribution in [3.05, 3.63) is 54.1 Å². The normalized spacial score (nSPS) is 14.7. The van der Waals surface area contributed by atoms with Crippen molar-refractivity contribution in [2.75, 3.05) is 43.1 Å². The van der Waals surface area contributed by atoms with Crippen molar-refractivity contribution in [3.63, 3.8) is 0 Å². The van der Waals surface area contributed by atoms with Crippen LogP contribution in [-0.2, 0) is 0 Å². The zero-order valence-corrected chi connectivity index (χ0v) is 13.7. The van der Waals surface area contributed by atoms with E-state index in [1.807, 2.05) is 42.5 Å². The lowest BCUT2D eigenvalue weighted by Crippen LogP contribution is -2.46. The fourth-order valence-corrected chi connectivity index (χ4v) is 3.00. The Kier molecular flexibility index (Phi) is 4.51. The molecule has 2 aromatic rings. The molecule has 0 aromatic heterocycles. The largest absolute Gasteiger partial charge is 0.495 e. The Bertz CT molecular complexity index is 674. The SMILES string of the molecule is COc1ccccc1N1CCN(c2ccc(C(C)=O)cc2)CC1. The molecule has 0 radical (unpaired) electrons. The van der Waals surface area contributed by atoms with Gasteiger partial charge in [-0.2, -0.15) is 0 Å². The molecule has 1 aliphatic heterocycles. The highest BCUT2D eigenvalue weighted by Crippen LogP contribution is 2.29. The lowest BCUT2D eigenvalue weighted by atomic mass is 10.1. The van der Waals surface area contributed by atoms with Gasteiger partial charge in [-0.3, -0.25) is 4.79 Å². The number of hydrogen-bond acceptors (Lipinski definition) is 4. The number of anilines is 2. The smallest absolute Gasteiger partial charge is 0.159 e. The van der Waals surface area contributed by atoms with Crippen molar-refractivity contribution in [3.8, 4) is 5.75 Å². The first-order valence-electron chi connectivity index (χ1n) is 7.93. The molecule has 1 heterocycles. The van der Waals surface area contributed by atoms with E-state index in [0.29, 0.717) is 0 Å². The van der Waals surface area contributed by atoms with Crippen molar-refractivity contribution in [1.82, 2.24) is 0 Å². The van der Waals surface area contributed by atoms with Gasteiger partial charge >= 0.3 is 0 Å². The van der Waals surface area contributed by atoms with E-state index >= 15 is 0 Å². The second-order valence-electron chi connectivity index (χ2n) is 5.75. The van der Waals surface area contributed by atoms with Crippen LogP contribution in [-0.4, -0.2) is 39.1 Å². The Morgan fingerprint density at radius 1 is 0.913 bits per heavy atom. The monoisotopic (exact) mass is 310 g/mol. The number of ether oxygens (including phenoxy) is 1. The third-order valence-corrected chi connectivity index (χ3v) is 4.34. The first-order valence-corrected chi connectivity index (χ1v) is 7.93. The Morgan fingerprint density at radius 2 is 1.52 bits per heavy atom. The molecule has 0 bridgehead atoms. The topological polar surface area (TPSA) is 32.8 Å². The maximum atomic E-state index is 11.4. The second-order valence-corrected chi connectivity index (χ2v) is 5.75. The lowest BCUT2D eigenvalue weighted by molar-refractivity contribution is 0.101. The summed E-state index contributed by atoms with van der Waals surface area (Å²) >= 11 is 0. The first-order chi connectivity index (χ1) is 11.2. The minimum Gasteiger partial charge on any atom is -0.495 e. The predicted octanol–water partition coefficient (Wildman–Crippen LogP) is 3.22. The number of Topliss-reactive ketones (excluding diaryl/α,β-unsaturated/α-hetero) is 1. The highest BCUT2D eigenvalue weighted by molar-refractivity contribution is 5.94. The van der Waals surface area contributed by atoms with E-state index < -0.39 is 0 Å². The Balaban J connectivity index is 1.67. The number of carbonyl (C=O) groups is 1. The van der Waals surface area contributed by atoms with Gasteiger partial charge in [-0.25, -0.2) is 0 Å². The summed E-state index contributed by atoms with van der Waals surface area (Å²) in [6.45, 7) is 5.42. The first kappa shape index (κ1) is 15.4. The summed E-state index contributed by atoms with van der Waals surface area (Å²) in [4.78, 5) is 16.1. The van der Waals surface area contributed by atoms with E-state index in [2.05, 4.69) is 15.9 Å². The van der Waals surface area contributed by atoms with Crippen LogP contribution in [0.3, 0.4) is 0 Å². The van der Waals surface area contributed by atoms with Crippen molar-refractivity contribution in [2.45, 2.75) is 6.92 Å². The molecule has 1 aliphatic rings. The molecule has 2 aromatic carbocycles. The van der Waals surface area contributed by atoms with Crippen molar-refractivity contribution < 1.29 is 9.53 Å². The second kappa shape index (κ2) is 6.73. The number of carbonyl (C=O) groups excluding carboxylic acids is 1. The summed E-state index contributed by atoms with van der Waals surface area (Å²) in [5.41, 5.74) is 3.10. The highest BCUT2D eigenvalue weighted by atomic mass is 16.5. The van der Waals surface area contributed by atoms with Gasteiger partial charge in [0.2, 0.25) is 0 Å². The molecule has 1 fully saturated rings. The van der Waals surface area contributed by atoms with Gasteiger partial charge in [0.05, 0.1) is 12.8 Å². The summed E-state index contributed by atoms with van der Waals surface area (Å²) in [7, 11) is 1.71. The van der Waals surface area contributed by atoms with Crippen LogP contribution in [0.15, 0.2) is 48.5 Å². The average Bonchev–Trinajstić information content (AvgIpc) is 2.62. The molecule has 0 saturated carbocycles. The minimum absolute atomic E-state index is 0.109. The highest BCUT2D eigenvalue weighted by Gasteiger charge is 2.19.